The molecule has 0 atom stereocenters. The van der Waals surface area contributed by atoms with Gasteiger partial charge in [-0.1, -0.05) is 127 Å². The molecule has 2 nitrogen and oxygen atoms in total. The number of ether oxygens (including phenoxy) is 1. The smallest absolute Gasteiger partial charge is 0.143 e. The Morgan fingerprint density at radius 1 is 0.300 bits per heavy atom. The minimum Gasteiger partial charge on any atom is -0.456 e. The van der Waals surface area contributed by atoms with E-state index in [0.29, 0.717) is 0 Å². The zero-order valence-corrected chi connectivity index (χ0v) is 26.8. The maximum Gasteiger partial charge on any atom is 0.143 e. The average molecular weight is 635 g/mol. The maximum absolute atomic E-state index is 7.01. The Morgan fingerprint density at radius 2 is 0.880 bits per heavy atom. The molecule has 10 aromatic carbocycles. The van der Waals surface area contributed by atoms with Gasteiger partial charge in [-0.25, -0.2) is 0 Å². The molecular weight excluding hydrogens is 609 g/mol. The standard InChI is InChI=1S/C48H26O2/c1-2-8-31-26-43-40(25-30(31)7-1)47-37(32-19-17-29-16-15-27-9-5-10-28-18-20-36(32)45(29)44(27)28)23-24-39(48(47)50-43)33-21-22-38-34-11-3-4-13-41(34)49-42-14-6-12-35(33)46(38)42/h1-26H. The summed E-state index contributed by atoms with van der Waals surface area (Å²) in [4.78, 5) is 0. The van der Waals surface area contributed by atoms with Gasteiger partial charge in [-0.15, -0.1) is 0 Å². The van der Waals surface area contributed by atoms with Crippen LogP contribution >= 0.6 is 0 Å². The number of para-hydroxylation sites is 1. The van der Waals surface area contributed by atoms with Crippen LogP contribution in [-0.4, -0.2) is 0 Å². The third kappa shape index (κ3) is 3.42. The van der Waals surface area contributed by atoms with Crippen molar-refractivity contribution in [2.24, 2.45) is 0 Å². The van der Waals surface area contributed by atoms with Gasteiger partial charge in [0.05, 0.1) is 0 Å². The van der Waals surface area contributed by atoms with Gasteiger partial charge in [-0.3, -0.25) is 0 Å². The summed E-state index contributed by atoms with van der Waals surface area (Å²) in [6.45, 7) is 0. The summed E-state index contributed by atoms with van der Waals surface area (Å²) in [5.41, 5.74) is 8.70. The van der Waals surface area contributed by atoms with E-state index in [0.717, 1.165) is 60.9 Å². The van der Waals surface area contributed by atoms with Crippen LogP contribution in [0.3, 0.4) is 0 Å². The van der Waals surface area contributed by atoms with Crippen molar-refractivity contribution < 1.29 is 9.15 Å². The Labute approximate surface area is 286 Å². The molecule has 0 amide bonds. The molecule has 50 heavy (non-hydrogen) atoms. The summed E-state index contributed by atoms with van der Waals surface area (Å²) in [6, 6.07) is 57.1. The second kappa shape index (κ2) is 9.49. The van der Waals surface area contributed by atoms with Crippen molar-refractivity contribution in [1.29, 1.82) is 0 Å². The lowest BCUT2D eigenvalue weighted by molar-refractivity contribution is 0.487. The van der Waals surface area contributed by atoms with Crippen LogP contribution in [0, 0.1) is 0 Å². The van der Waals surface area contributed by atoms with Gasteiger partial charge >= 0.3 is 0 Å². The molecule has 0 saturated heterocycles. The van der Waals surface area contributed by atoms with E-state index in [9.17, 15) is 0 Å². The van der Waals surface area contributed by atoms with E-state index in [-0.39, 0.29) is 0 Å². The number of benzene rings is 10. The fourth-order valence-electron chi connectivity index (χ4n) is 8.79. The maximum atomic E-state index is 7.01. The van der Waals surface area contributed by atoms with Crippen LogP contribution in [0.1, 0.15) is 0 Å². The molecule has 0 unspecified atom stereocenters. The highest BCUT2D eigenvalue weighted by Gasteiger charge is 2.24. The third-order valence-electron chi connectivity index (χ3n) is 11.0. The second-order valence-corrected chi connectivity index (χ2v) is 13.6. The molecule has 0 bridgehead atoms. The van der Waals surface area contributed by atoms with E-state index in [2.05, 4.69) is 146 Å². The highest BCUT2D eigenvalue weighted by atomic mass is 16.5. The molecule has 12 rings (SSSR count). The van der Waals surface area contributed by atoms with Crippen molar-refractivity contribution in [3.63, 3.8) is 0 Å². The largest absolute Gasteiger partial charge is 0.456 e. The quantitative estimate of drug-likeness (QED) is 0.177. The zero-order chi connectivity index (χ0) is 32.5. The van der Waals surface area contributed by atoms with Crippen LogP contribution in [0.25, 0.3) is 109 Å². The van der Waals surface area contributed by atoms with Crippen molar-refractivity contribution >= 4 is 75.8 Å². The number of hydrogen-bond acceptors (Lipinski definition) is 2. The van der Waals surface area contributed by atoms with E-state index < -0.39 is 0 Å². The zero-order valence-electron chi connectivity index (χ0n) is 26.8. The number of fused-ring (bicyclic) bond motifs is 6. The molecule has 0 N–H and O–H groups in total. The molecule has 2 heterocycles. The van der Waals surface area contributed by atoms with Gasteiger partial charge in [0.1, 0.15) is 22.7 Å². The molecule has 0 spiro atoms. The van der Waals surface area contributed by atoms with Crippen LogP contribution in [0.2, 0.25) is 0 Å². The molecule has 2 heteroatoms. The molecule has 1 aromatic heterocycles. The Morgan fingerprint density at radius 3 is 1.76 bits per heavy atom. The first-order valence-corrected chi connectivity index (χ1v) is 17.2. The van der Waals surface area contributed by atoms with Crippen LogP contribution < -0.4 is 4.74 Å². The van der Waals surface area contributed by atoms with Gasteiger partial charge in [0, 0.05) is 27.3 Å². The van der Waals surface area contributed by atoms with Gasteiger partial charge < -0.3 is 9.15 Å². The topological polar surface area (TPSA) is 22.4 Å². The van der Waals surface area contributed by atoms with Crippen LogP contribution in [0.15, 0.2) is 162 Å². The Bertz CT molecular complexity index is 3220. The molecule has 0 radical (unpaired) electrons. The summed E-state index contributed by atoms with van der Waals surface area (Å²) in [5.74, 6) is 1.78. The molecular formula is C48H26O2. The van der Waals surface area contributed by atoms with E-state index in [1.54, 1.807) is 0 Å². The van der Waals surface area contributed by atoms with Crippen LogP contribution in [0.5, 0.6) is 11.5 Å². The van der Waals surface area contributed by atoms with Crippen molar-refractivity contribution in [3.8, 4) is 44.9 Å². The highest BCUT2D eigenvalue weighted by molar-refractivity contribution is 6.28. The molecule has 0 saturated carbocycles. The second-order valence-electron chi connectivity index (χ2n) is 13.6. The normalized spacial score (nSPS) is 12.6. The minimum atomic E-state index is 0.885. The lowest BCUT2D eigenvalue weighted by Crippen LogP contribution is -1.97. The monoisotopic (exact) mass is 634 g/mol. The fraction of sp³-hybridized carbons (Fsp3) is 0. The van der Waals surface area contributed by atoms with Crippen molar-refractivity contribution in [1.82, 2.24) is 0 Å². The van der Waals surface area contributed by atoms with Crippen molar-refractivity contribution in [2.75, 3.05) is 0 Å². The number of furan rings is 1. The molecule has 0 aliphatic carbocycles. The molecule has 11 aromatic rings. The van der Waals surface area contributed by atoms with Gasteiger partial charge in [-0.2, -0.15) is 0 Å². The number of rotatable bonds is 2. The predicted molar refractivity (Wildman–Crippen MR) is 209 cm³/mol. The Balaban J connectivity index is 1.20. The van der Waals surface area contributed by atoms with Crippen LogP contribution in [0.4, 0.5) is 0 Å². The first kappa shape index (κ1) is 26.3. The summed E-state index contributed by atoms with van der Waals surface area (Å²) >= 11 is 0. The van der Waals surface area contributed by atoms with Crippen LogP contribution in [-0.2, 0) is 0 Å². The molecule has 1 aliphatic heterocycles. The SMILES string of the molecule is c1ccc2c(c1)Oc1cccc3c(-c4ccc(-c5ccc6ccc7cccc8ccc5c6c78)c5c4oc4cc6ccccc6cc45)ccc-2c13. The first-order valence-electron chi connectivity index (χ1n) is 17.2. The van der Waals surface area contributed by atoms with Crippen molar-refractivity contribution in [2.45, 2.75) is 0 Å². The lowest BCUT2D eigenvalue weighted by Gasteiger charge is -2.22. The van der Waals surface area contributed by atoms with E-state index in [1.807, 2.05) is 12.1 Å². The van der Waals surface area contributed by atoms with Gasteiger partial charge in [0.15, 0.2) is 0 Å². The highest BCUT2D eigenvalue weighted by Crippen LogP contribution is 2.51. The first-order chi connectivity index (χ1) is 24.8. The minimum absolute atomic E-state index is 0.885. The fourth-order valence-corrected chi connectivity index (χ4v) is 8.79. The summed E-state index contributed by atoms with van der Waals surface area (Å²) in [5, 5.41) is 14.6. The molecule has 230 valence electrons. The van der Waals surface area contributed by atoms with E-state index in [1.165, 1.54) is 59.8 Å². The van der Waals surface area contributed by atoms with Crippen molar-refractivity contribution in [3.05, 3.63) is 158 Å². The van der Waals surface area contributed by atoms with Gasteiger partial charge in [0.25, 0.3) is 0 Å². The third-order valence-corrected chi connectivity index (χ3v) is 11.0. The van der Waals surface area contributed by atoms with E-state index in [4.69, 9.17) is 9.15 Å². The molecule has 0 fully saturated rings. The Hall–Kier alpha value is -6.64. The summed E-state index contributed by atoms with van der Waals surface area (Å²) in [7, 11) is 0. The predicted octanol–water partition coefficient (Wildman–Crippen LogP) is 13.9. The number of hydrogen-bond donors (Lipinski definition) is 0. The van der Waals surface area contributed by atoms with E-state index >= 15 is 0 Å². The summed E-state index contributed by atoms with van der Waals surface area (Å²) < 4.78 is 13.5. The average Bonchev–Trinajstić information content (AvgIpc) is 3.54. The summed E-state index contributed by atoms with van der Waals surface area (Å²) in [6.07, 6.45) is 0. The molecule has 1 aliphatic rings. The Kier molecular flexibility index (Phi) is 5.00. The van der Waals surface area contributed by atoms with Gasteiger partial charge in [-0.05, 0) is 101 Å². The lowest BCUT2D eigenvalue weighted by atomic mass is 9.86. The van der Waals surface area contributed by atoms with Gasteiger partial charge in [0.2, 0.25) is 0 Å².